The quantitative estimate of drug-likeness (QED) is 0.576. The third-order valence-electron chi connectivity index (χ3n) is 4.56. The summed E-state index contributed by atoms with van der Waals surface area (Å²) in [4.78, 5) is 37.8. The largest absolute Gasteiger partial charge is 0.418 e. The van der Waals surface area contributed by atoms with Gasteiger partial charge in [-0.05, 0) is 60.1 Å². The number of ether oxygens (including phenoxy) is 2. The highest BCUT2D eigenvalue weighted by Crippen LogP contribution is 2.39. The molecule has 0 unspecified atom stereocenters. The van der Waals surface area contributed by atoms with Gasteiger partial charge in [-0.1, -0.05) is 11.3 Å². The molecule has 0 saturated carbocycles. The molecule has 0 radical (unpaired) electrons. The van der Waals surface area contributed by atoms with E-state index in [2.05, 4.69) is 26.6 Å². The highest BCUT2D eigenvalue weighted by molar-refractivity contribution is 9.11. The fourth-order valence-electron chi connectivity index (χ4n) is 2.92. The molecule has 0 spiro atoms. The first-order valence-corrected chi connectivity index (χ1v) is 11.1. The van der Waals surface area contributed by atoms with Crippen LogP contribution < -0.4 is 20.3 Å². The molecule has 3 rings (SSSR count). The van der Waals surface area contributed by atoms with E-state index in [1.807, 2.05) is 0 Å². The van der Waals surface area contributed by atoms with Gasteiger partial charge in [0, 0.05) is 12.2 Å². The zero-order valence-corrected chi connectivity index (χ0v) is 19.8. The normalized spacial score (nSPS) is 14.7. The number of rotatable bonds is 5. The number of carbonyl (C=O) groups excluding carboxylic acids is 3. The molecular formula is C20H19BrF3N3O5S. The second-order valence-corrected chi connectivity index (χ2v) is 9.91. The van der Waals surface area contributed by atoms with Crippen LogP contribution in [-0.4, -0.2) is 43.2 Å². The standard InChI is InChI=1S/C20H19BrF3N3O5S/c1-19(2,26-18(30)32-16-6-5-14(21)33-16)17(29)25-11-3-4-13(12(9-11)20(22,23)24)27-7-8-31-10-15(27)28/h3-6,9H,7-8,10H2,1-2H3,(H,25,29)(H,26,30). The first-order valence-electron chi connectivity index (χ1n) is 9.53. The maximum absolute atomic E-state index is 13.7. The highest BCUT2D eigenvalue weighted by Gasteiger charge is 2.38. The molecule has 1 aliphatic rings. The molecule has 2 N–H and O–H groups in total. The Hall–Kier alpha value is -2.64. The Morgan fingerprint density at radius 2 is 1.94 bits per heavy atom. The minimum Gasteiger partial charge on any atom is -0.399 e. The smallest absolute Gasteiger partial charge is 0.399 e. The number of anilines is 2. The van der Waals surface area contributed by atoms with E-state index in [9.17, 15) is 27.6 Å². The number of carbonyl (C=O) groups is 3. The number of alkyl halides is 3. The molecule has 13 heteroatoms. The Morgan fingerprint density at radius 3 is 2.55 bits per heavy atom. The molecule has 1 aromatic carbocycles. The molecule has 33 heavy (non-hydrogen) atoms. The van der Waals surface area contributed by atoms with Gasteiger partial charge in [0.1, 0.15) is 12.1 Å². The molecule has 1 aliphatic heterocycles. The van der Waals surface area contributed by atoms with Crippen LogP contribution in [0.15, 0.2) is 34.1 Å². The summed E-state index contributed by atoms with van der Waals surface area (Å²) >= 11 is 4.39. The Bertz CT molecular complexity index is 1070. The van der Waals surface area contributed by atoms with Gasteiger partial charge >= 0.3 is 12.3 Å². The lowest BCUT2D eigenvalue weighted by Crippen LogP contribution is -2.53. The Kier molecular flexibility index (Phi) is 7.34. The van der Waals surface area contributed by atoms with E-state index < -0.39 is 35.2 Å². The molecule has 178 valence electrons. The average molecular weight is 550 g/mol. The molecule has 0 atom stereocenters. The first kappa shape index (κ1) is 25.0. The predicted molar refractivity (Wildman–Crippen MR) is 119 cm³/mol. The van der Waals surface area contributed by atoms with Crippen molar-refractivity contribution < 1.29 is 37.0 Å². The van der Waals surface area contributed by atoms with Gasteiger partial charge in [-0.3, -0.25) is 9.59 Å². The van der Waals surface area contributed by atoms with Crippen molar-refractivity contribution in [1.82, 2.24) is 5.32 Å². The average Bonchev–Trinajstić information content (AvgIpc) is 3.11. The Morgan fingerprint density at radius 1 is 1.21 bits per heavy atom. The summed E-state index contributed by atoms with van der Waals surface area (Å²) in [5.41, 5.74) is -3.06. The van der Waals surface area contributed by atoms with Gasteiger partial charge in [-0.25, -0.2) is 4.79 Å². The monoisotopic (exact) mass is 549 g/mol. The summed E-state index contributed by atoms with van der Waals surface area (Å²) in [7, 11) is 0. The SMILES string of the molecule is CC(C)(NC(=O)Oc1ccc(Br)s1)C(=O)Nc1ccc(N2CCOCC2=O)c(C(F)(F)F)c1. The Balaban J connectivity index is 1.75. The molecule has 2 heterocycles. The van der Waals surface area contributed by atoms with E-state index >= 15 is 0 Å². The number of hydrogen-bond donors (Lipinski definition) is 2. The van der Waals surface area contributed by atoms with Crippen LogP contribution in [0.4, 0.5) is 29.3 Å². The van der Waals surface area contributed by atoms with E-state index in [0.29, 0.717) is 5.06 Å². The maximum Gasteiger partial charge on any atom is 0.418 e. The summed E-state index contributed by atoms with van der Waals surface area (Å²) in [6, 6.07) is 6.35. The summed E-state index contributed by atoms with van der Waals surface area (Å²) in [5, 5.41) is 5.03. The third kappa shape index (κ3) is 6.24. The fourth-order valence-corrected chi connectivity index (χ4v) is 4.11. The lowest BCUT2D eigenvalue weighted by Gasteiger charge is -2.30. The van der Waals surface area contributed by atoms with Crippen molar-refractivity contribution in [3.8, 4) is 5.06 Å². The molecule has 1 saturated heterocycles. The summed E-state index contributed by atoms with van der Waals surface area (Å²) in [5.74, 6) is -1.36. The number of amides is 3. The van der Waals surface area contributed by atoms with Crippen LogP contribution in [0.25, 0.3) is 0 Å². The van der Waals surface area contributed by atoms with E-state index in [4.69, 9.17) is 9.47 Å². The summed E-state index contributed by atoms with van der Waals surface area (Å²) in [6.07, 6.45) is -5.68. The molecule has 8 nitrogen and oxygen atoms in total. The van der Waals surface area contributed by atoms with Crippen molar-refractivity contribution in [2.75, 3.05) is 30.0 Å². The van der Waals surface area contributed by atoms with Gasteiger partial charge in [0.05, 0.1) is 21.6 Å². The zero-order valence-electron chi connectivity index (χ0n) is 17.4. The number of nitrogens with one attached hydrogen (secondary N) is 2. The molecule has 2 aromatic rings. The zero-order chi connectivity index (χ0) is 24.4. The number of nitrogens with zero attached hydrogens (tertiary/aromatic N) is 1. The lowest BCUT2D eigenvalue weighted by molar-refractivity contribution is -0.137. The number of hydrogen-bond acceptors (Lipinski definition) is 6. The number of morpholine rings is 1. The summed E-state index contributed by atoms with van der Waals surface area (Å²) in [6.45, 7) is 2.53. The molecule has 1 aromatic heterocycles. The van der Waals surface area contributed by atoms with Crippen LogP contribution in [0.1, 0.15) is 19.4 Å². The number of benzene rings is 1. The fraction of sp³-hybridized carbons (Fsp3) is 0.350. The van der Waals surface area contributed by atoms with Crippen molar-refractivity contribution in [1.29, 1.82) is 0 Å². The van der Waals surface area contributed by atoms with Crippen molar-refractivity contribution in [2.24, 2.45) is 0 Å². The van der Waals surface area contributed by atoms with E-state index in [-0.39, 0.29) is 31.1 Å². The third-order valence-corrected chi connectivity index (χ3v) is 6.06. The van der Waals surface area contributed by atoms with Gasteiger partial charge in [0.25, 0.3) is 5.91 Å². The topological polar surface area (TPSA) is 97.0 Å². The summed E-state index contributed by atoms with van der Waals surface area (Å²) < 4.78 is 51.9. The Labute approximate surface area is 199 Å². The second-order valence-electron chi connectivity index (χ2n) is 7.48. The van der Waals surface area contributed by atoms with Crippen LogP contribution in [0.5, 0.6) is 5.06 Å². The predicted octanol–water partition coefficient (Wildman–Crippen LogP) is 4.40. The molecule has 1 fully saturated rings. The van der Waals surface area contributed by atoms with Gasteiger partial charge in [-0.15, -0.1) is 0 Å². The van der Waals surface area contributed by atoms with Crippen molar-refractivity contribution in [2.45, 2.75) is 25.6 Å². The van der Waals surface area contributed by atoms with Crippen molar-refractivity contribution in [3.63, 3.8) is 0 Å². The van der Waals surface area contributed by atoms with Gasteiger partial charge < -0.3 is 25.0 Å². The highest BCUT2D eigenvalue weighted by atomic mass is 79.9. The lowest BCUT2D eigenvalue weighted by atomic mass is 10.0. The van der Waals surface area contributed by atoms with E-state index in [1.54, 1.807) is 12.1 Å². The maximum atomic E-state index is 13.7. The number of thiophene rings is 1. The molecule has 0 bridgehead atoms. The van der Waals surface area contributed by atoms with Crippen LogP contribution in [0.2, 0.25) is 0 Å². The number of halogens is 4. The van der Waals surface area contributed by atoms with Crippen LogP contribution in [-0.2, 0) is 20.5 Å². The van der Waals surface area contributed by atoms with Crippen LogP contribution >= 0.6 is 27.3 Å². The van der Waals surface area contributed by atoms with Crippen LogP contribution in [0.3, 0.4) is 0 Å². The second kappa shape index (κ2) is 9.69. The minimum atomic E-state index is -4.78. The van der Waals surface area contributed by atoms with Gasteiger partial charge in [-0.2, -0.15) is 13.2 Å². The minimum absolute atomic E-state index is 0.0203. The van der Waals surface area contributed by atoms with Crippen molar-refractivity contribution >= 4 is 56.5 Å². The molecule has 3 amide bonds. The molecular weight excluding hydrogens is 531 g/mol. The van der Waals surface area contributed by atoms with E-state index in [0.717, 1.165) is 32.2 Å². The van der Waals surface area contributed by atoms with Crippen molar-refractivity contribution in [3.05, 3.63) is 39.7 Å². The van der Waals surface area contributed by atoms with Crippen LogP contribution in [0, 0.1) is 0 Å². The first-order chi connectivity index (χ1) is 15.4. The molecule has 0 aliphatic carbocycles. The van der Waals surface area contributed by atoms with E-state index in [1.165, 1.54) is 19.9 Å². The van der Waals surface area contributed by atoms with Gasteiger partial charge in [0.2, 0.25) is 5.91 Å². The van der Waals surface area contributed by atoms with Gasteiger partial charge in [0.15, 0.2) is 5.06 Å².